The van der Waals surface area contributed by atoms with Crippen LogP contribution in [0.3, 0.4) is 0 Å². The molecule has 0 fully saturated rings. The third-order valence-corrected chi connectivity index (χ3v) is 4.32. The lowest BCUT2D eigenvalue weighted by molar-refractivity contribution is 0.0993. The Hall–Kier alpha value is -3.67. The van der Waals surface area contributed by atoms with Crippen LogP contribution < -0.4 is 16.4 Å². The zero-order chi connectivity index (χ0) is 19.8. The van der Waals surface area contributed by atoms with Gasteiger partial charge in [-0.05, 0) is 22.8 Å². The molecule has 2 aromatic carbocycles. The minimum Gasteiger partial charge on any atom is -0.397 e. The van der Waals surface area contributed by atoms with Crippen molar-refractivity contribution in [3.63, 3.8) is 0 Å². The van der Waals surface area contributed by atoms with Crippen LogP contribution >= 0.6 is 0 Å². The third kappa shape index (κ3) is 5.41. The van der Waals surface area contributed by atoms with E-state index in [1.807, 2.05) is 42.5 Å². The Labute approximate surface area is 163 Å². The van der Waals surface area contributed by atoms with Crippen molar-refractivity contribution in [3.05, 3.63) is 95.3 Å². The molecule has 0 bridgehead atoms. The molecule has 0 atom stereocenters. The standard InChI is InChI=1S/C22H22N4O2/c23-20-15-24-11-10-19(20)12-21(27)18-8-6-17(7-9-18)14-26-22(28)25-13-16-4-2-1-3-5-16/h1-11,15H,12-14,23H2,(H2,25,26,28). The fraction of sp³-hybridized carbons (Fsp3) is 0.136. The predicted molar refractivity (Wildman–Crippen MR) is 109 cm³/mol. The molecule has 28 heavy (non-hydrogen) atoms. The highest BCUT2D eigenvalue weighted by atomic mass is 16.2. The van der Waals surface area contributed by atoms with Gasteiger partial charge in [-0.3, -0.25) is 9.78 Å². The summed E-state index contributed by atoms with van der Waals surface area (Å²) in [7, 11) is 0. The number of aromatic nitrogens is 1. The highest BCUT2D eigenvalue weighted by Crippen LogP contribution is 2.13. The number of nitrogens with two attached hydrogens (primary N) is 1. The number of hydrogen-bond acceptors (Lipinski definition) is 4. The van der Waals surface area contributed by atoms with Gasteiger partial charge < -0.3 is 16.4 Å². The van der Waals surface area contributed by atoms with Crippen molar-refractivity contribution in [1.29, 1.82) is 0 Å². The van der Waals surface area contributed by atoms with Crippen molar-refractivity contribution < 1.29 is 9.59 Å². The van der Waals surface area contributed by atoms with Crippen molar-refractivity contribution in [1.82, 2.24) is 15.6 Å². The number of ketones is 1. The van der Waals surface area contributed by atoms with Gasteiger partial charge in [-0.25, -0.2) is 4.79 Å². The van der Waals surface area contributed by atoms with Gasteiger partial charge in [0.25, 0.3) is 0 Å². The second-order valence-corrected chi connectivity index (χ2v) is 6.39. The van der Waals surface area contributed by atoms with Crippen LogP contribution in [-0.4, -0.2) is 16.8 Å². The Morgan fingerprint density at radius 2 is 1.50 bits per heavy atom. The van der Waals surface area contributed by atoms with E-state index in [1.54, 1.807) is 30.6 Å². The number of anilines is 1. The lowest BCUT2D eigenvalue weighted by Crippen LogP contribution is -2.34. The topological polar surface area (TPSA) is 97.1 Å². The van der Waals surface area contributed by atoms with Crippen LogP contribution in [0.5, 0.6) is 0 Å². The normalized spacial score (nSPS) is 10.3. The Balaban J connectivity index is 1.48. The van der Waals surface area contributed by atoms with Crippen molar-refractivity contribution in [3.8, 4) is 0 Å². The van der Waals surface area contributed by atoms with E-state index in [0.29, 0.717) is 24.3 Å². The second kappa shape index (κ2) is 9.32. The average molecular weight is 374 g/mol. The molecule has 4 N–H and O–H groups in total. The van der Waals surface area contributed by atoms with Gasteiger partial charge in [0, 0.05) is 31.3 Å². The molecule has 1 heterocycles. The number of Topliss-reactive ketones (excluding diaryl/α,β-unsaturated/α-hetero) is 1. The van der Waals surface area contributed by atoms with Gasteiger partial charge in [-0.15, -0.1) is 0 Å². The number of urea groups is 1. The number of pyridine rings is 1. The molecule has 6 nitrogen and oxygen atoms in total. The maximum absolute atomic E-state index is 12.4. The summed E-state index contributed by atoms with van der Waals surface area (Å²) in [5.41, 5.74) is 9.67. The maximum Gasteiger partial charge on any atom is 0.315 e. The Bertz CT molecular complexity index is 940. The molecule has 0 unspecified atom stereocenters. The SMILES string of the molecule is Nc1cnccc1CC(=O)c1ccc(CNC(=O)NCc2ccccc2)cc1. The molecule has 3 aromatic rings. The van der Waals surface area contributed by atoms with Gasteiger partial charge in [0.2, 0.25) is 0 Å². The number of amides is 2. The largest absolute Gasteiger partial charge is 0.397 e. The van der Waals surface area contributed by atoms with E-state index in [-0.39, 0.29) is 18.2 Å². The molecule has 0 spiro atoms. The van der Waals surface area contributed by atoms with Crippen LogP contribution in [0.4, 0.5) is 10.5 Å². The van der Waals surface area contributed by atoms with Gasteiger partial charge in [0.05, 0.1) is 11.9 Å². The molecular formula is C22H22N4O2. The molecule has 2 amide bonds. The van der Waals surface area contributed by atoms with Crippen molar-refractivity contribution in [2.45, 2.75) is 19.5 Å². The lowest BCUT2D eigenvalue weighted by Gasteiger charge is -2.09. The molecule has 0 aliphatic rings. The first kappa shape index (κ1) is 19.1. The summed E-state index contributed by atoms with van der Waals surface area (Å²) in [4.78, 5) is 28.2. The van der Waals surface area contributed by atoms with E-state index in [9.17, 15) is 9.59 Å². The molecule has 3 rings (SSSR count). The highest BCUT2D eigenvalue weighted by molar-refractivity contribution is 5.98. The summed E-state index contributed by atoms with van der Waals surface area (Å²) in [6.45, 7) is 0.852. The number of nitrogens with one attached hydrogen (secondary N) is 2. The van der Waals surface area contributed by atoms with Crippen LogP contribution in [0.1, 0.15) is 27.0 Å². The molecule has 0 aliphatic carbocycles. The van der Waals surface area contributed by atoms with Crippen LogP contribution in [0.15, 0.2) is 73.1 Å². The van der Waals surface area contributed by atoms with Gasteiger partial charge in [0.15, 0.2) is 5.78 Å². The summed E-state index contributed by atoms with van der Waals surface area (Å²) in [6, 6.07) is 18.4. The number of carbonyl (C=O) groups excluding carboxylic acids is 2. The number of nitrogen functional groups attached to an aromatic ring is 1. The fourth-order valence-corrected chi connectivity index (χ4v) is 2.70. The zero-order valence-corrected chi connectivity index (χ0v) is 15.4. The van der Waals surface area contributed by atoms with Crippen molar-refractivity contribution in [2.24, 2.45) is 0 Å². The molecule has 0 saturated heterocycles. The third-order valence-electron chi connectivity index (χ3n) is 4.32. The Morgan fingerprint density at radius 1 is 0.857 bits per heavy atom. The summed E-state index contributed by atoms with van der Waals surface area (Å²) in [6.07, 6.45) is 3.39. The molecule has 0 radical (unpaired) electrons. The zero-order valence-electron chi connectivity index (χ0n) is 15.4. The molecular weight excluding hydrogens is 352 g/mol. The molecule has 0 aliphatic heterocycles. The molecule has 6 heteroatoms. The first-order valence-electron chi connectivity index (χ1n) is 8.98. The van der Waals surface area contributed by atoms with Crippen LogP contribution in [0.2, 0.25) is 0 Å². The molecule has 142 valence electrons. The average Bonchev–Trinajstić information content (AvgIpc) is 2.73. The van der Waals surface area contributed by atoms with E-state index in [0.717, 1.165) is 16.7 Å². The van der Waals surface area contributed by atoms with Crippen molar-refractivity contribution >= 4 is 17.5 Å². The quantitative estimate of drug-likeness (QED) is 0.554. The van der Waals surface area contributed by atoms with Gasteiger partial charge >= 0.3 is 6.03 Å². The van der Waals surface area contributed by atoms with E-state index < -0.39 is 0 Å². The summed E-state index contributed by atoms with van der Waals surface area (Å²) in [5.74, 6) is -0.0157. The van der Waals surface area contributed by atoms with E-state index >= 15 is 0 Å². The Morgan fingerprint density at radius 3 is 2.14 bits per heavy atom. The monoisotopic (exact) mass is 374 g/mol. The smallest absolute Gasteiger partial charge is 0.315 e. The number of benzene rings is 2. The molecule has 1 aromatic heterocycles. The second-order valence-electron chi connectivity index (χ2n) is 6.39. The minimum atomic E-state index is -0.239. The van der Waals surface area contributed by atoms with Crippen molar-refractivity contribution in [2.75, 3.05) is 5.73 Å². The lowest BCUT2D eigenvalue weighted by atomic mass is 10.0. The highest BCUT2D eigenvalue weighted by Gasteiger charge is 2.09. The number of nitrogens with zero attached hydrogens (tertiary/aromatic N) is 1. The van der Waals surface area contributed by atoms with Crippen LogP contribution in [-0.2, 0) is 19.5 Å². The summed E-state index contributed by atoms with van der Waals surface area (Å²) >= 11 is 0. The van der Waals surface area contributed by atoms with Gasteiger partial charge in [0.1, 0.15) is 0 Å². The fourth-order valence-electron chi connectivity index (χ4n) is 2.70. The van der Waals surface area contributed by atoms with Gasteiger partial charge in [-0.1, -0.05) is 54.6 Å². The predicted octanol–water partition coefficient (Wildman–Crippen LogP) is 3.09. The number of hydrogen-bond donors (Lipinski definition) is 3. The number of rotatable bonds is 7. The first-order valence-corrected chi connectivity index (χ1v) is 8.98. The molecule has 0 saturated carbocycles. The van der Waals surface area contributed by atoms with E-state index in [4.69, 9.17) is 5.73 Å². The summed E-state index contributed by atoms with van der Waals surface area (Å²) < 4.78 is 0. The van der Waals surface area contributed by atoms with Gasteiger partial charge in [-0.2, -0.15) is 0 Å². The minimum absolute atomic E-state index is 0.0157. The number of carbonyl (C=O) groups is 2. The van der Waals surface area contributed by atoms with E-state index in [2.05, 4.69) is 15.6 Å². The van der Waals surface area contributed by atoms with Crippen LogP contribution in [0.25, 0.3) is 0 Å². The van der Waals surface area contributed by atoms with E-state index in [1.165, 1.54) is 0 Å². The summed E-state index contributed by atoms with van der Waals surface area (Å²) in [5, 5.41) is 5.62. The first-order chi connectivity index (χ1) is 13.6. The van der Waals surface area contributed by atoms with Crippen LogP contribution in [0, 0.1) is 0 Å². The Kier molecular flexibility index (Phi) is 6.36. The maximum atomic E-state index is 12.4.